The van der Waals surface area contributed by atoms with E-state index in [1.165, 1.54) is 0 Å². The quantitative estimate of drug-likeness (QED) is 0.476. The smallest absolute Gasteiger partial charge is 0.256 e. The summed E-state index contributed by atoms with van der Waals surface area (Å²) in [7, 11) is 1.74. The average molecular weight is 425 g/mol. The fraction of sp³-hybridized carbons (Fsp3) is 0.115. The Morgan fingerprint density at radius 1 is 0.875 bits per heavy atom. The van der Waals surface area contributed by atoms with Gasteiger partial charge in [0.05, 0.1) is 24.0 Å². The number of amides is 2. The Kier molecular flexibility index (Phi) is 6.41. The number of carbonyl (C=O) groups is 2. The summed E-state index contributed by atoms with van der Waals surface area (Å²) in [4.78, 5) is 27.3. The molecule has 0 radical (unpaired) electrons. The summed E-state index contributed by atoms with van der Waals surface area (Å²) in [6.45, 7) is 1.08. The van der Waals surface area contributed by atoms with Gasteiger partial charge < -0.3 is 10.2 Å². The van der Waals surface area contributed by atoms with Gasteiger partial charge in [-0.1, -0.05) is 60.7 Å². The summed E-state index contributed by atoms with van der Waals surface area (Å²) < 4.78 is 1.86. The van der Waals surface area contributed by atoms with Crippen LogP contribution in [-0.2, 0) is 13.1 Å². The molecule has 3 aromatic carbocycles. The molecule has 4 rings (SSSR count). The zero-order valence-corrected chi connectivity index (χ0v) is 17.8. The SMILES string of the molecule is CN(Cc1cnn(Cc2ccccc2)c1)C(=O)c1ccccc1NC(=O)c1ccccc1. The molecule has 0 saturated heterocycles. The van der Waals surface area contributed by atoms with Crippen LogP contribution in [0, 0.1) is 0 Å². The third-order valence-electron chi connectivity index (χ3n) is 5.08. The van der Waals surface area contributed by atoms with E-state index < -0.39 is 0 Å². The van der Waals surface area contributed by atoms with Crippen molar-refractivity contribution in [3.8, 4) is 0 Å². The number of benzene rings is 3. The summed E-state index contributed by atoms with van der Waals surface area (Å²) in [6, 6.07) is 26.1. The molecule has 4 aromatic rings. The van der Waals surface area contributed by atoms with Gasteiger partial charge in [-0.25, -0.2) is 0 Å². The summed E-state index contributed by atoms with van der Waals surface area (Å²) in [6.07, 6.45) is 3.72. The van der Waals surface area contributed by atoms with E-state index in [0.29, 0.717) is 29.9 Å². The topological polar surface area (TPSA) is 67.2 Å². The molecule has 0 saturated carbocycles. The minimum atomic E-state index is -0.254. The number of carbonyl (C=O) groups excluding carboxylic acids is 2. The minimum Gasteiger partial charge on any atom is -0.337 e. The number of hydrogen-bond donors (Lipinski definition) is 1. The second-order valence-electron chi connectivity index (χ2n) is 7.56. The van der Waals surface area contributed by atoms with Crippen LogP contribution in [0.4, 0.5) is 5.69 Å². The largest absolute Gasteiger partial charge is 0.337 e. The van der Waals surface area contributed by atoms with Crippen LogP contribution in [0.1, 0.15) is 31.8 Å². The lowest BCUT2D eigenvalue weighted by atomic mass is 10.1. The molecule has 32 heavy (non-hydrogen) atoms. The van der Waals surface area contributed by atoms with Crippen molar-refractivity contribution in [1.29, 1.82) is 0 Å². The highest BCUT2D eigenvalue weighted by Gasteiger charge is 2.18. The second-order valence-corrected chi connectivity index (χ2v) is 7.56. The molecule has 2 amide bonds. The van der Waals surface area contributed by atoms with Crippen LogP contribution in [0.5, 0.6) is 0 Å². The molecule has 1 aromatic heterocycles. The number of nitrogens with one attached hydrogen (secondary N) is 1. The molecule has 0 atom stereocenters. The first-order chi connectivity index (χ1) is 15.6. The van der Waals surface area contributed by atoms with Gasteiger partial charge in [0.1, 0.15) is 0 Å². The second kappa shape index (κ2) is 9.75. The first-order valence-electron chi connectivity index (χ1n) is 10.4. The maximum absolute atomic E-state index is 13.1. The number of hydrogen-bond acceptors (Lipinski definition) is 3. The van der Waals surface area contributed by atoms with Crippen LogP contribution in [0.25, 0.3) is 0 Å². The fourth-order valence-corrected chi connectivity index (χ4v) is 3.46. The number of nitrogens with zero attached hydrogens (tertiary/aromatic N) is 3. The Hall–Kier alpha value is -4.19. The molecule has 1 N–H and O–H groups in total. The van der Waals surface area contributed by atoms with Crippen molar-refractivity contribution in [2.75, 3.05) is 12.4 Å². The third kappa shape index (κ3) is 5.10. The molecule has 0 bridgehead atoms. The standard InChI is InChI=1S/C26H24N4O2/c1-29(17-21-16-27-30(19-21)18-20-10-4-2-5-11-20)26(32)23-14-8-9-15-24(23)28-25(31)22-12-6-3-7-13-22/h2-16,19H,17-18H2,1H3,(H,28,31). The van der Waals surface area contributed by atoms with Crippen molar-refractivity contribution in [2.45, 2.75) is 13.1 Å². The lowest BCUT2D eigenvalue weighted by Gasteiger charge is -2.18. The number of anilines is 1. The van der Waals surface area contributed by atoms with Gasteiger partial charge in [0.15, 0.2) is 0 Å². The fourth-order valence-electron chi connectivity index (χ4n) is 3.46. The van der Waals surface area contributed by atoms with Crippen LogP contribution in [-0.4, -0.2) is 33.5 Å². The van der Waals surface area contributed by atoms with Crippen LogP contribution >= 0.6 is 0 Å². The van der Waals surface area contributed by atoms with Crippen LogP contribution in [0.15, 0.2) is 97.3 Å². The van der Waals surface area contributed by atoms with Crippen molar-refractivity contribution in [2.24, 2.45) is 0 Å². The van der Waals surface area contributed by atoms with Crippen molar-refractivity contribution in [3.05, 3.63) is 120 Å². The minimum absolute atomic E-state index is 0.176. The van der Waals surface area contributed by atoms with Gasteiger partial charge in [0, 0.05) is 30.9 Å². The van der Waals surface area contributed by atoms with E-state index in [2.05, 4.69) is 22.5 Å². The van der Waals surface area contributed by atoms with Crippen LogP contribution < -0.4 is 5.32 Å². The molecule has 0 aliphatic rings. The van der Waals surface area contributed by atoms with Crippen LogP contribution in [0.3, 0.4) is 0 Å². The van der Waals surface area contributed by atoms with Crippen molar-refractivity contribution >= 4 is 17.5 Å². The molecule has 6 heteroatoms. The maximum atomic E-state index is 13.1. The zero-order chi connectivity index (χ0) is 22.3. The number of aromatic nitrogens is 2. The number of para-hydroxylation sites is 1. The molecule has 0 spiro atoms. The number of rotatable bonds is 7. The monoisotopic (exact) mass is 424 g/mol. The highest BCUT2D eigenvalue weighted by molar-refractivity contribution is 6.08. The van der Waals surface area contributed by atoms with Crippen LogP contribution in [0.2, 0.25) is 0 Å². The lowest BCUT2D eigenvalue weighted by Crippen LogP contribution is -2.27. The van der Waals surface area contributed by atoms with E-state index in [1.54, 1.807) is 66.7 Å². The molecular weight excluding hydrogens is 400 g/mol. The van der Waals surface area contributed by atoms with Gasteiger partial charge >= 0.3 is 0 Å². The van der Waals surface area contributed by atoms with E-state index in [-0.39, 0.29) is 11.8 Å². The molecule has 0 aliphatic heterocycles. The van der Waals surface area contributed by atoms with E-state index in [4.69, 9.17) is 0 Å². The Balaban J connectivity index is 1.44. The van der Waals surface area contributed by atoms with Crippen molar-refractivity contribution in [1.82, 2.24) is 14.7 Å². The van der Waals surface area contributed by atoms with Crippen molar-refractivity contribution in [3.63, 3.8) is 0 Å². The maximum Gasteiger partial charge on any atom is 0.256 e. The summed E-state index contributed by atoms with van der Waals surface area (Å²) in [5.74, 6) is -0.430. The molecule has 1 heterocycles. The Morgan fingerprint density at radius 3 is 2.28 bits per heavy atom. The zero-order valence-electron chi connectivity index (χ0n) is 17.8. The molecule has 6 nitrogen and oxygen atoms in total. The molecule has 0 fully saturated rings. The Morgan fingerprint density at radius 2 is 1.53 bits per heavy atom. The first-order valence-corrected chi connectivity index (χ1v) is 10.4. The predicted octanol–water partition coefficient (Wildman–Crippen LogP) is 4.46. The first kappa shape index (κ1) is 21.1. The van der Waals surface area contributed by atoms with E-state index in [0.717, 1.165) is 11.1 Å². The Bertz CT molecular complexity index is 1200. The van der Waals surface area contributed by atoms with Crippen molar-refractivity contribution < 1.29 is 9.59 Å². The van der Waals surface area contributed by atoms with Gasteiger partial charge in [-0.3, -0.25) is 14.3 Å². The predicted molar refractivity (Wildman–Crippen MR) is 124 cm³/mol. The van der Waals surface area contributed by atoms with E-state index >= 15 is 0 Å². The average Bonchev–Trinajstić information content (AvgIpc) is 3.26. The summed E-state index contributed by atoms with van der Waals surface area (Å²) in [5, 5.41) is 7.26. The molecule has 160 valence electrons. The molecular formula is C26H24N4O2. The molecule has 0 aliphatic carbocycles. The van der Waals surface area contributed by atoms with Gasteiger partial charge in [0.25, 0.3) is 11.8 Å². The highest BCUT2D eigenvalue weighted by Crippen LogP contribution is 2.19. The van der Waals surface area contributed by atoms with E-state index in [9.17, 15) is 9.59 Å². The molecule has 0 unspecified atom stereocenters. The summed E-state index contributed by atoms with van der Waals surface area (Å²) in [5.41, 5.74) is 3.56. The third-order valence-corrected chi connectivity index (χ3v) is 5.08. The Labute approximate surface area is 187 Å². The lowest BCUT2D eigenvalue weighted by molar-refractivity contribution is 0.0786. The van der Waals surface area contributed by atoms with E-state index in [1.807, 2.05) is 35.1 Å². The normalized spacial score (nSPS) is 10.5. The highest BCUT2D eigenvalue weighted by atomic mass is 16.2. The van der Waals surface area contributed by atoms with Gasteiger partial charge in [-0.2, -0.15) is 5.10 Å². The summed E-state index contributed by atoms with van der Waals surface area (Å²) >= 11 is 0. The van der Waals surface area contributed by atoms with Gasteiger partial charge in [0.2, 0.25) is 0 Å². The van der Waals surface area contributed by atoms with Gasteiger partial charge in [-0.05, 0) is 29.8 Å². The van der Waals surface area contributed by atoms with Gasteiger partial charge in [-0.15, -0.1) is 0 Å².